The number of sulfonamides is 1. The SMILES string of the molecule is CN(C)C(=O)C(Cc1ccc(C(=N)N)cc1)C(=O)N[C@H](C(=O)N[C@@H](CCCN=C(N)N)C(=O)N1CCN(S(=O)(=O)c2ccc3ccc(Cl)cc3c2)CC1)C1CCCCC1.Cl. The van der Waals surface area contributed by atoms with Crippen LogP contribution in [0.15, 0.2) is 70.6 Å². The number of aliphatic imine (C=N–C) groups is 1. The van der Waals surface area contributed by atoms with Crippen LogP contribution in [-0.2, 0) is 35.6 Å². The number of halogens is 2. The molecule has 16 nitrogen and oxygen atoms in total. The maximum atomic E-state index is 14.4. The van der Waals surface area contributed by atoms with E-state index in [0.29, 0.717) is 40.8 Å². The van der Waals surface area contributed by atoms with Crippen LogP contribution in [0, 0.1) is 17.2 Å². The van der Waals surface area contributed by atoms with Crippen LogP contribution >= 0.6 is 24.0 Å². The molecule has 4 amide bonds. The molecule has 1 saturated carbocycles. The van der Waals surface area contributed by atoms with Crippen molar-refractivity contribution in [1.82, 2.24) is 24.7 Å². The molecule has 1 unspecified atom stereocenters. The smallest absolute Gasteiger partial charge is 0.245 e. The van der Waals surface area contributed by atoms with Crippen molar-refractivity contribution in [3.63, 3.8) is 0 Å². The Balaban J connectivity index is 0.00000794. The van der Waals surface area contributed by atoms with Gasteiger partial charge >= 0.3 is 0 Å². The second-order valence-corrected chi connectivity index (χ2v) is 17.8. The van der Waals surface area contributed by atoms with Gasteiger partial charge in [-0.15, -0.1) is 12.4 Å². The summed E-state index contributed by atoms with van der Waals surface area (Å²) in [7, 11) is -0.785. The number of piperazine rings is 1. The van der Waals surface area contributed by atoms with Gasteiger partial charge in [-0.05, 0) is 78.6 Å². The third-order valence-corrected chi connectivity index (χ3v) is 13.1. The molecule has 326 valence electrons. The highest BCUT2D eigenvalue weighted by molar-refractivity contribution is 7.89. The first-order valence-corrected chi connectivity index (χ1v) is 21.7. The highest BCUT2D eigenvalue weighted by atomic mass is 35.5. The van der Waals surface area contributed by atoms with Gasteiger partial charge in [0.25, 0.3) is 0 Å². The average Bonchev–Trinajstić information content (AvgIpc) is 3.22. The molecule has 5 rings (SSSR count). The van der Waals surface area contributed by atoms with E-state index in [-0.39, 0.29) is 80.6 Å². The Morgan fingerprint density at radius 1 is 0.883 bits per heavy atom. The Labute approximate surface area is 362 Å². The first-order chi connectivity index (χ1) is 28.0. The predicted octanol–water partition coefficient (Wildman–Crippen LogP) is 2.58. The van der Waals surface area contributed by atoms with Gasteiger partial charge in [0.15, 0.2) is 5.96 Å². The number of rotatable bonds is 16. The summed E-state index contributed by atoms with van der Waals surface area (Å²) in [5.74, 6) is -3.64. The zero-order chi connectivity index (χ0) is 42.9. The number of guanidine groups is 1. The van der Waals surface area contributed by atoms with Gasteiger partial charge in [-0.2, -0.15) is 4.31 Å². The van der Waals surface area contributed by atoms with E-state index in [1.807, 2.05) is 6.07 Å². The number of nitrogens with zero attached hydrogens (tertiary/aromatic N) is 4. The molecule has 0 radical (unpaired) electrons. The highest BCUT2D eigenvalue weighted by Crippen LogP contribution is 2.28. The largest absolute Gasteiger partial charge is 0.384 e. The Kier molecular flexibility index (Phi) is 17.1. The third-order valence-electron chi connectivity index (χ3n) is 11.0. The van der Waals surface area contributed by atoms with Crippen molar-refractivity contribution < 1.29 is 27.6 Å². The number of amides is 4. The van der Waals surface area contributed by atoms with E-state index in [2.05, 4.69) is 15.6 Å². The lowest BCUT2D eigenvalue weighted by atomic mass is 9.83. The summed E-state index contributed by atoms with van der Waals surface area (Å²) in [5, 5.41) is 15.6. The Hall–Kier alpha value is -4.97. The molecule has 19 heteroatoms. The monoisotopic (exact) mass is 886 g/mol. The van der Waals surface area contributed by atoms with Crippen molar-refractivity contribution in [3.05, 3.63) is 76.8 Å². The van der Waals surface area contributed by atoms with Gasteiger partial charge < -0.3 is 37.6 Å². The fourth-order valence-electron chi connectivity index (χ4n) is 7.68. The van der Waals surface area contributed by atoms with Gasteiger partial charge in [0, 0.05) is 57.4 Å². The van der Waals surface area contributed by atoms with Crippen LogP contribution in [0.5, 0.6) is 0 Å². The Morgan fingerprint density at radius 3 is 2.15 bits per heavy atom. The lowest BCUT2D eigenvalue weighted by Gasteiger charge is -2.37. The summed E-state index contributed by atoms with van der Waals surface area (Å²) in [6.45, 7) is 0.450. The second kappa shape index (κ2) is 21.5. The molecule has 1 saturated heterocycles. The molecule has 0 spiro atoms. The van der Waals surface area contributed by atoms with E-state index in [0.717, 1.165) is 24.6 Å². The number of carbonyl (C=O) groups is 4. The van der Waals surface area contributed by atoms with E-state index < -0.39 is 51.7 Å². The predicted molar refractivity (Wildman–Crippen MR) is 235 cm³/mol. The lowest BCUT2D eigenvalue weighted by molar-refractivity contribution is -0.143. The second-order valence-electron chi connectivity index (χ2n) is 15.4. The maximum Gasteiger partial charge on any atom is 0.245 e. The summed E-state index contributed by atoms with van der Waals surface area (Å²) in [6, 6.07) is 14.8. The topological polar surface area (TPSA) is 250 Å². The molecule has 9 N–H and O–H groups in total. The molecule has 3 atom stereocenters. The number of benzene rings is 3. The van der Waals surface area contributed by atoms with Crippen LogP contribution in [0.4, 0.5) is 0 Å². The standard InChI is InChI=1S/C41H55ClN10O6S.ClH/c1-50(2)39(55)33(23-26-10-12-29(13-11-26)36(43)44)37(53)49-35(28-7-4-3-5-8-28)38(54)48-34(9-6-18-47-41(45)46)40(56)51-19-21-52(22-20-51)59(57,58)32-17-15-27-14-16-31(42)24-30(27)25-32;/h10-17,24-25,28,33-35H,3-9,18-23H2,1-2H3,(H3,43,44)(H,48,54)(H,49,53)(H4,45,46,47);1H/t33?,34-,35-;/m0./s1. The normalized spacial score (nSPS) is 16.4. The van der Waals surface area contributed by atoms with Gasteiger partial charge in [0.2, 0.25) is 33.7 Å². The summed E-state index contributed by atoms with van der Waals surface area (Å²) in [4.78, 5) is 63.1. The number of hydrogen-bond acceptors (Lipinski definition) is 8. The molecular weight excluding hydrogens is 831 g/mol. The van der Waals surface area contributed by atoms with Crippen LogP contribution in [-0.4, -0.2) is 117 Å². The van der Waals surface area contributed by atoms with E-state index in [4.69, 9.17) is 34.2 Å². The minimum Gasteiger partial charge on any atom is -0.384 e. The Bertz CT molecular complexity index is 2150. The van der Waals surface area contributed by atoms with Gasteiger partial charge in [0.05, 0.1) is 4.90 Å². The Morgan fingerprint density at radius 2 is 1.53 bits per heavy atom. The van der Waals surface area contributed by atoms with Crippen molar-refractivity contribution in [3.8, 4) is 0 Å². The van der Waals surface area contributed by atoms with Crippen molar-refractivity contribution in [1.29, 1.82) is 5.41 Å². The molecule has 3 aromatic carbocycles. The van der Waals surface area contributed by atoms with Crippen LogP contribution in [0.3, 0.4) is 0 Å². The first kappa shape index (κ1) is 47.7. The number of fused-ring (bicyclic) bond motifs is 1. The van der Waals surface area contributed by atoms with E-state index in [9.17, 15) is 27.6 Å². The zero-order valence-electron chi connectivity index (χ0n) is 33.9. The third kappa shape index (κ3) is 12.3. The summed E-state index contributed by atoms with van der Waals surface area (Å²) < 4.78 is 28.8. The fraction of sp³-hybridized carbons (Fsp3) is 0.463. The summed E-state index contributed by atoms with van der Waals surface area (Å²) in [6.07, 6.45) is 4.59. The maximum absolute atomic E-state index is 14.4. The average molecular weight is 888 g/mol. The van der Waals surface area contributed by atoms with E-state index >= 15 is 0 Å². The number of amidine groups is 1. The number of nitrogens with one attached hydrogen (secondary N) is 3. The number of hydrogen-bond donors (Lipinski definition) is 6. The zero-order valence-corrected chi connectivity index (χ0v) is 36.3. The molecule has 1 heterocycles. The molecule has 60 heavy (non-hydrogen) atoms. The van der Waals surface area contributed by atoms with Gasteiger partial charge in [-0.25, -0.2) is 8.42 Å². The fourth-order valence-corrected chi connectivity index (χ4v) is 9.31. The molecule has 0 aromatic heterocycles. The van der Waals surface area contributed by atoms with Gasteiger partial charge in [-0.3, -0.25) is 29.6 Å². The quantitative estimate of drug-likeness (QED) is 0.0535. The molecule has 0 bridgehead atoms. The minimum absolute atomic E-state index is 0. The molecule has 2 fully saturated rings. The van der Waals surface area contributed by atoms with Gasteiger partial charge in [-0.1, -0.05) is 67.3 Å². The molecule has 2 aliphatic rings. The van der Waals surface area contributed by atoms with Gasteiger partial charge in [0.1, 0.15) is 23.8 Å². The summed E-state index contributed by atoms with van der Waals surface area (Å²) in [5.41, 5.74) is 17.9. The molecule has 1 aliphatic heterocycles. The van der Waals surface area contributed by atoms with Crippen molar-refractivity contribution in [2.45, 2.75) is 68.3 Å². The first-order valence-electron chi connectivity index (χ1n) is 19.8. The van der Waals surface area contributed by atoms with E-state index in [1.54, 1.807) is 68.7 Å². The van der Waals surface area contributed by atoms with Crippen molar-refractivity contribution in [2.75, 3.05) is 46.8 Å². The van der Waals surface area contributed by atoms with E-state index in [1.165, 1.54) is 14.1 Å². The lowest BCUT2D eigenvalue weighted by Crippen LogP contribution is -2.59. The number of nitrogens with two attached hydrogens (primary N) is 3. The minimum atomic E-state index is -3.90. The van der Waals surface area contributed by atoms with Crippen LogP contribution in [0.1, 0.15) is 56.1 Å². The van der Waals surface area contributed by atoms with Crippen LogP contribution in [0.2, 0.25) is 5.02 Å². The van der Waals surface area contributed by atoms with Crippen molar-refractivity contribution in [2.24, 2.45) is 34.0 Å². The summed E-state index contributed by atoms with van der Waals surface area (Å²) >= 11 is 6.16. The number of nitrogen functional groups attached to an aromatic ring is 1. The molecule has 3 aromatic rings. The molecular formula is C41H56Cl2N10O6S. The van der Waals surface area contributed by atoms with Crippen LogP contribution < -0.4 is 27.8 Å². The van der Waals surface area contributed by atoms with Crippen LogP contribution in [0.25, 0.3) is 10.8 Å². The number of carbonyl (C=O) groups excluding carboxylic acids is 4. The van der Waals surface area contributed by atoms with Crippen molar-refractivity contribution >= 4 is 80.2 Å². The molecule has 1 aliphatic carbocycles. The highest BCUT2D eigenvalue weighted by Gasteiger charge is 2.38.